The summed E-state index contributed by atoms with van der Waals surface area (Å²) in [5.41, 5.74) is 0.459. The number of amides is 1. The minimum Gasteiger partial charge on any atom is -0.483 e. The summed E-state index contributed by atoms with van der Waals surface area (Å²) in [6.07, 6.45) is 3.31. The maximum Gasteiger partial charge on any atom is 0.269 e. The van der Waals surface area contributed by atoms with Gasteiger partial charge >= 0.3 is 0 Å². The molecule has 0 aliphatic carbocycles. The lowest BCUT2D eigenvalue weighted by atomic mass is 10.1. The molecule has 152 valence electrons. The van der Waals surface area contributed by atoms with Crippen molar-refractivity contribution in [1.29, 1.82) is 5.26 Å². The minimum absolute atomic E-state index is 0.0334. The van der Waals surface area contributed by atoms with Gasteiger partial charge in [0.15, 0.2) is 6.61 Å². The van der Waals surface area contributed by atoms with Crippen molar-refractivity contribution in [2.45, 2.75) is 0 Å². The molecule has 0 N–H and O–H groups in total. The van der Waals surface area contributed by atoms with Crippen LogP contribution in [0.25, 0.3) is 10.8 Å². The van der Waals surface area contributed by atoms with Crippen LogP contribution in [-0.2, 0) is 4.79 Å². The Morgan fingerprint density at radius 1 is 1.03 bits per heavy atom. The van der Waals surface area contributed by atoms with Crippen molar-refractivity contribution in [3.05, 3.63) is 96.3 Å². The van der Waals surface area contributed by atoms with E-state index in [1.807, 2.05) is 12.1 Å². The number of hydrogen-bond acceptors (Lipinski definition) is 4. The Hall–Kier alpha value is -4.31. The van der Waals surface area contributed by atoms with E-state index in [1.165, 1.54) is 35.2 Å². The summed E-state index contributed by atoms with van der Waals surface area (Å²) in [4.78, 5) is 18.5. The smallest absolute Gasteiger partial charge is 0.269 e. The number of anilines is 2. The van der Waals surface area contributed by atoms with Crippen LogP contribution in [0, 0.1) is 23.0 Å². The van der Waals surface area contributed by atoms with Gasteiger partial charge in [-0.15, -0.1) is 0 Å². The van der Waals surface area contributed by atoms with Crippen LogP contribution in [0.1, 0.15) is 5.56 Å². The zero-order valence-electron chi connectivity index (χ0n) is 16.1. The SMILES string of the molecule is N#Cc1cc(F)ccc1N(C(=O)COc1cccc2cnccc12)c1ccc(F)cc1. The van der Waals surface area contributed by atoms with Gasteiger partial charge in [0.25, 0.3) is 5.91 Å². The predicted octanol–water partition coefficient (Wildman–Crippen LogP) is 5.13. The number of benzene rings is 3. The third kappa shape index (κ3) is 4.19. The van der Waals surface area contributed by atoms with Crippen LogP contribution in [0.5, 0.6) is 5.75 Å². The molecule has 0 spiro atoms. The highest BCUT2D eigenvalue weighted by atomic mass is 19.1. The molecule has 0 atom stereocenters. The van der Waals surface area contributed by atoms with Gasteiger partial charge < -0.3 is 4.74 Å². The number of carbonyl (C=O) groups excluding carboxylic acids is 1. The highest BCUT2D eigenvalue weighted by Crippen LogP contribution is 2.30. The van der Waals surface area contributed by atoms with Crippen molar-refractivity contribution >= 4 is 28.1 Å². The van der Waals surface area contributed by atoms with E-state index in [9.17, 15) is 18.8 Å². The van der Waals surface area contributed by atoms with E-state index in [0.717, 1.165) is 22.9 Å². The van der Waals surface area contributed by atoms with Crippen LogP contribution < -0.4 is 9.64 Å². The average molecular weight is 415 g/mol. The maximum absolute atomic E-state index is 13.6. The Morgan fingerprint density at radius 3 is 2.58 bits per heavy atom. The second-order valence-electron chi connectivity index (χ2n) is 6.62. The summed E-state index contributed by atoms with van der Waals surface area (Å²) < 4.78 is 32.8. The number of rotatable bonds is 5. The van der Waals surface area contributed by atoms with E-state index in [0.29, 0.717) is 11.4 Å². The Morgan fingerprint density at radius 2 is 1.81 bits per heavy atom. The molecule has 7 heteroatoms. The Balaban J connectivity index is 1.69. The van der Waals surface area contributed by atoms with E-state index in [-0.39, 0.29) is 17.9 Å². The first-order valence-corrected chi connectivity index (χ1v) is 9.30. The number of pyridine rings is 1. The lowest BCUT2D eigenvalue weighted by Gasteiger charge is -2.24. The second-order valence-corrected chi connectivity index (χ2v) is 6.62. The van der Waals surface area contributed by atoms with E-state index >= 15 is 0 Å². The molecule has 0 saturated carbocycles. The number of nitrogens with zero attached hydrogens (tertiary/aromatic N) is 3. The third-order valence-corrected chi connectivity index (χ3v) is 4.65. The molecule has 0 unspecified atom stereocenters. The van der Waals surface area contributed by atoms with Crippen LogP contribution in [0.4, 0.5) is 20.2 Å². The molecule has 1 aromatic heterocycles. The van der Waals surface area contributed by atoms with Gasteiger partial charge in [0.2, 0.25) is 0 Å². The topological polar surface area (TPSA) is 66.2 Å². The van der Waals surface area contributed by atoms with Crippen LogP contribution >= 0.6 is 0 Å². The van der Waals surface area contributed by atoms with Crippen LogP contribution in [0.2, 0.25) is 0 Å². The van der Waals surface area contributed by atoms with Gasteiger partial charge in [0, 0.05) is 28.9 Å². The van der Waals surface area contributed by atoms with Crippen molar-refractivity contribution in [3.8, 4) is 11.8 Å². The first-order chi connectivity index (χ1) is 15.1. The molecule has 4 rings (SSSR count). The molecule has 5 nitrogen and oxygen atoms in total. The minimum atomic E-state index is -0.604. The Kier molecular flexibility index (Phi) is 5.54. The molecule has 0 radical (unpaired) electrons. The van der Waals surface area contributed by atoms with Crippen molar-refractivity contribution in [1.82, 2.24) is 4.98 Å². The summed E-state index contributed by atoms with van der Waals surface area (Å²) in [6, 6.07) is 17.8. The fourth-order valence-electron chi connectivity index (χ4n) is 3.22. The van der Waals surface area contributed by atoms with Crippen LogP contribution in [-0.4, -0.2) is 17.5 Å². The summed E-state index contributed by atoms with van der Waals surface area (Å²) in [5.74, 6) is -1.10. The molecule has 1 amide bonds. The van der Waals surface area contributed by atoms with Gasteiger partial charge in [0.1, 0.15) is 23.5 Å². The molecule has 0 bridgehead atoms. The molecular formula is C24H15F2N3O2. The predicted molar refractivity (Wildman–Crippen MR) is 112 cm³/mol. The third-order valence-electron chi connectivity index (χ3n) is 4.65. The number of fused-ring (bicyclic) bond motifs is 1. The lowest BCUT2D eigenvalue weighted by Crippen LogP contribution is -2.31. The van der Waals surface area contributed by atoms with Gasteiger partial charge in [-0.1, -0.05) is 12.1 Å². The Bertz CT molecular complexity index is 1300. The molecule has 1 heterocycles. The maximum atomic E-state index is 13.6. The largest absolute Gasteiger partial charge is 0.483 e. The number of aromatic nitrogens is 1. The molecular weight excluding hydrogens is 400 g/mol. The van der Waals surface area contributed by atoms with Crippen molar-refractivity contribution < 1.29 is 18.3 Å². The highest BCUT2D eigenvalue weighted by Gasteiger charge is 2.22. The van der Waals surface area contributed by atoms with Crippen molar-refractivity contribution in [2.24, 2.45) is 0 Å². The monoisotopic (exact) mass is 415 g/mol. The van der Waals surface area contributed by atoms with Gasteiger partial charge in [0.05, 0.1) is 11.3 Å². The number of nitriles is 1. The number of carbonyl (C=O) groups is 1. The first kappa shape index (κ1) is 20.0. The number of halogens is 2. The van der Waals surface area contributed by atoms with E-state index in [1.54, 1.807) is 30.6 Å². The number of ether oxygens (including phenoxy) is 1. The summed E-state index contributed by atoms with van der Waals surface area (Å²) in [5, 5.41) is 11.1. The van der Waals surface area contributed by atoms with E-state index in [2.05, 4.69) is 4.98 Å². The van der Waals surface area contributed by atoms with Crippen molar-refractivity contribution in [2.75, 3.05) is 11.5 Å². The molecule has 4 aromatic rings. The van der Waals surface area contributed by atoms with E-state index < -0.39 is 17.5 Å². The lowest BCUT2D eigenvalue weighted by molar-refractivity contribution is -0.119. The molecule has 0 saturated heterocycles. The fraction of sp³-hybridized carbons (Fsp3) is 0.0417. The standard InChI is InChI=1S/C24H15F2N3O2/c25-18-4-7-20(8-5-18)29(22-9-6-19(26)12-17(22)13-27)24(30)15-31-23-3-1-2-16-14-28-11-10-21(16)23/h1-12,14H,15H2. The highest BCUT2D eigenvalue weighted by molar-refractivity contribution is 6.02. The van der Waals surface area contributed by atoms with Crippen LogP contribution in [0.3, 0.4) is 0 Å². The normalized spacial score (nSPS) is 10.5. The molecule has 0 fully saturated rings. The molecule has 0 aliphatic heterocycles. The van der Waals surface area contributed by atoms with Crippen molar-refractivity contribution in [3.63, 3.8) is 0 Å². The quantitative estimate of drug-likeness (QED) is 0.453. The number of hydrogen-bond donors (Lipinski definition) is 0. The zero-order valence-corrected chi connectivity index (χ0v) is 16.1. The zero-order chi connectivity index (χ0) is 21.8. The molecule has 3 aromatic carbocycles. The summed E-state index contributed by atoms with van der Waals surface area (Å²) in [7, 11) is 0. The van der Waals surface area contributed by atoms with Crippen LogP contribution in [0.15, 0.2) is 79.1 Å². The molecule has 31 heavy (non-hydrogen) atoms. The van der Waals surface area contributed by atoms with Gasteiger partial charge in [-0.2, -0.15) is 5.26 Å². The average Bonchev–Trinajstić information content (AvgIpc) is 2.80. The van der Waals surface area contributed by atoms with E-state index in [4.69, 9.17) is 4.74 Å². The van der Waals surface area contributed by atoms with Gasteiger partial charge in [-0.25, -0.2) is 8.78 Å². The first-order valence-electron chi connectivity index (χ1n) is 9.30. The second kappa shape index (κ2) is 8.59. The summed E-state index contributed by atoms with van der Waals surface area (Å²) >= 11 is 0. The van der Waals surface area contributed by atoms with Gasteiger partial charge in [-0.3, -0.25) is 14.7 Å². The molecule has 0 aliphatic rings. The Labute approximate surface area is 176 Å². The fourth-order valence-corrected chi connectivity index (χ4v) is 3.22. The van der Waals surface area contributed by atoms with Gasteiger partial charge in [-0.05, 0) is 54.6 Å². The summed E-state index contributed by atoms with van der Waals surface area (Å²) in [6.45, 7) is -0.360.